The Balaban J connectivity index is 0.000000292. The highest BCUT2D eigenvalue weighted by Gasteiger charge is 2.07. The van der Waals surface area contributed by atoms with Gasteiger partial charge >= 0.3 is 0 Å². The summed E-state index contributed by atoms with van der Waals surface area (Å²) in [5.41, 5.74) is 19.6. The van der Waals surface area contributed by atoms with E-state index in [-0.39, 0.29) is 34.5 Å². The van der Waals surface area contributed by atoms with Gasteiger partial charge in [-0.2, -0.15) is 0 Å². The van der Waals surface area contributed by atoms with Crippen LogP contribution >= 0.6 is 0 Å². The molecule has 9 heteroatoms. The fourth-order valence-corrected chi connectivity index (χ4v) is 3.01. The van der Waals surface area contributed by atoms with Gasteiger partial charge < -0.3 is 47.8 Å². The molecule has 0 bridgehead atoms. The maximum absolute atomic E-state index is 9.00. The van der Waals surface area contributed by atoms with Crippen molar-refractivity contribution in [3.05, 3.63) is 127 Å². The number of phenols is 3. The SMILES string of the molecule is C=C(O)C(N)Cc1ccc(O)cc1.C=C(O)C(N)Cc1ccc(O)cc1.C=C(O)C(N)Cc1ccc(O)cc1. The van der Waals surface area contributed by atoms with Gasteiger partial charge in [-0.25, -0.2) is 0 Å². The summed E-state index contributed by atoms with van der Waals surface area (Å²) in [6.45, 7) is 10.0. The average molecular weight is 538 g/mol. The first-order valence-electron chi connectivity index (χ1n) is 12.0. The largest absolute Gasteiger partial charge is 0.511 e. The zero-order chi connectivity index (χ0) is 29.5. The Morgan fingerprint density at radius 3 is 0.795 bits per heavy atom. The highest BCUT2D eigenvalue weighted by molar-refractivity contribution is 5.28. The van der Waals surface area contributed by atoms with Crippen LogP contribution in [0.1, 0.15) is 16.7 Å². The van der Waals surface area contributed by atoms with Crippen molar-refractivity contribution in [2.24, 2.45) is 17.2 Å². The highest BCUT2D eigenvalue weighted by Crippen LogP contribution is 2.13. The zero-order valence-electron chi connectivity index (χ0n) is 21.8. The van der Waals surface area contributed by atoms with Gasteiger partial charge in [-0.1, -0.05) is 56.1 Å². The van der Waals surface area contributed by atoms with Gasteiger partial charge in [-0.15, -0.1) is 0 Å². The number of aliphatic hydroxyl groups is 3. The van der Waals surface area contributed by atoms with E-state index in [2.05, 4.69) is 19.7 Å². The van der Waals surface area contributed by atoms with Gasteiger partial charge in [-0.05, 0) is 72.4 Å². The summed E-state index contributed by atoms with van der Waals surface area (Å²) in [6.07, 6.45) is 1.57. The first-order valence-corrected chi connectivity index (χ1v) is 12.0. The standard InChI is InChI=1S/3C10H13NO2/c3*1-7(12)10(11)6-8-2-4-9(13)5-3-8/h3*2-5,10,12-13H,1,6,11H2. The molecule has 0 saturated heterocycles. The molecule has 0 saturated carbocycles. The molecule has 3 atom stereocenters. The number of hydrogen-bond acceptors (Lipinski definition) is 9. The topological polar surface area (TPSA) is 199 Å². The summed E-state index contributed by atoms with van der Waals surface area (Å²) in [5, 5.41) is 53.9. The molecule has 0 aliphatic rings. The van der Waals surface area contributed by atoms with Crippen molar-refractivity contribution in [1.82, 2.24) is 0 Å². The normalized spacial score (nSPS) is 12.4. The van der Waals surface area contributed by atoms with Crippen LogP contribution in [0.15, 0.2) is 110 Å². The number of hydrogen-bond donors (Lipinski definition) is 9. The average Bonchev–Trinajstić information content (AvgIpc) is 2.88. The molecule has 3 rings (SSSR count). The van der Waals surface area contributed by atoms with Gasteiger partial charge in [0.2, 0.25) is 0 Å². The van der Waals surface area contributed by atoms with Gasteiger partial charge in [-0.3, -0.25) is 0 Å². The van der Waals surface area contributed by atoms with E-state index in [4.69, 9.17) is 47.8 Å². The van der Waals surface area contributed by atoms with Gasteiger partial charge in [0.05, 0.1) is 18.1 Å². The first-order chi connectivity index (χ1) is 18.3. The van der Waals surface area contributed by atoms with Gasteiger partial charge in [0.25, 0.3) is 0 Å². The number of aromatic hydroxyl groups is 3. The third-order valence-corrected chi connectivity index (χ3v) is 5.46. The third-order valence-electron chi connectivity index (χ3n) is 5.46. The Bertz CT molecular complexity index is 1030. The van der Waals surface area contributed by atoms with Crippen molar-refractivity contribution in [3.8, 4) is 17.2 Å². The monoisotopic (exact) mass is 537 g/mol. The van der Waals surface area contributed by atoms with Gasteiger partial charge in [0, 0.05) is 0 Å². The molecule has 0 aromatic heterocycles. The van der Waals surface area contributed by atoms with E-state index in [0.717, 1.165) is 16.7 Å². The predicted molar refractivity (Wildman–Crippen MR) is 155 cm³/mol. The second kappa shape index (κ2) is 16.4. The minimum atomic E-state index is -0.440. The van der Waals surface area contributed by atoms with Crippen LogP contribution in [-0.2, 0) is 19.3 Å². The third kappa shape index (κ3) is 13.6. The molecule has 0 radical (unpaired) electrons. The fraction of sp³-hybridized carbons (Fsp3) is 0.200. The Morgan fingerprint density at radius 1 is 0.462 bits per heavy atom. The summed E-state index contributed by atoms with van der Waals surface area (Å²) in [7, 11) is 0. The van der Waals surface area contributed by atoms with E-state index in [0.29, 0.717) is 19.3 Å². The van der Waals surface area contributed by atoms with Crippen LogP contribution in [0.4, 0.5) is 0 Å². The first kappa shape index (κ1) is 32.6. The lowest BCUT2D eigenvalue weighted by Crippen LogP contribution is -2.24. The Kier molecular flexibility index (Phi) is 13.7. The van der Waals surface area contributed by atoms with E-state index >= 15 is 0 Å². The van der Waals surface area contributed by atoms with Crippen molar-refractivity contribution in [2.45, 2.75) is 37.4 Å². The van der Waals surface area contributed by atoms with Crippen LogP contribution < -0.4 is 17.2 Å². The Morgan fingerprint density at radius 2 is 0.641 bits per heavy atom. The van der Waals surface area contributed by atoms with Crippen LogP contribution in [-0.4, -0.2) is 48.8 Å². The molecule has 0 amide bonds. The fourth-order valence-electron chi connectivity index (χ4n) is 3.01. The molecule has 39 heavy (non-hydrogen) atoms. The van der Waals surface area contributed by atoms with E-state index in [1.165, 1.54) is 0 Å². The second-order valence-electron chi connectivity index (χ2n) is 8.91. The van der Waals surface area contributed by atoms with E-state index in [1.54, 1.807) is 72.8 Å². The summed E-state index contributed by atoms with van der Waals surface area (Å²) >= 11 is 0. The van der Waals surface area contributed by atoms with Crippen molar-refractivity contribution in [1.29, 1.82) is 0 Å². The smallest absolute Gasteiger partial charge is 0.115 e. The summed E-state index contributed by atoms with van der Waals surface area (Å²) < 4.78 is 0. The van der Waals surface area contributed by atoms with E-state index in [9.17, 15) is 0 Å². The molecule has 0 heterocycles. The lowest BCUT2D eigenvalue weighted by molar-refractivity contribution is 0.368. The number of nitrogens with two attached hydrogens (primary N) is 3. The van der Waals surface area contributed by atoms with Crippen LogP contribution in [0, 0.1) is 0 Å². The number of aliphatic hydroxyl groups excluding tert-OH is 3. The second-order valence-corrected chi connectivity index (χ2v) is 8.91. The molecule has 3 aromatic carbocycles. The van der Waals surface area contributed by atoms with Crippen molar-refractivity contribution < 1.29 is 30.6 Å². The minimum Gasteiger partial charge on any atom is -0.511 e. The van der Waals surface area contributed by atoms with Gasteiger partial charge in [0.15, 0.2) is 0 Å². The number of benzene rings is 3. The lowest BCUT2D eigenvalue weighted by atomic mass is 10.1. The molecule has 3 unspecified atom stereocenters. The number of phenolic OH excluding ortho intramolecular Hbond substituents is 3. The maximum Gasteiger partial charge on any atom is 0.115 e. The maximum atomic E-state index is 9.00. The Labute approximate surface area is 229 Å². The quantitative estimate of drug-likeness (QED) is 0.181. The molecule has 0 aliphatic carbocycles. The van der Waals surface area contributed by atoms with E-state index in [1.807, 2.05) is 0 Å². The molecule has 12 N–H and O–H groups in total. The molecular weight excluding hydrogens is 498 g/mol. The van der Waals surface area contributed by atoms with E-state index < -0.39 is 18.1 Å². The zero-order valence-corrected chi connectivity index (χ0v) is 21.8. The molecule has 9 nitrogen and oxygen atoms in total. The van der Waals surface area contributed by atoms with Crippen molar-refractivity contribution in [2.75, 3.05) is 0 Å². The van der Waals surface area contributed by atoms with Crippen LogP contribution in [0.25, 0.3) is 0 Å². The van der Waals surface area contributed by atoms with Crippen LogP contribution in [0.5, 0.6) is 17.2 Å². The molecule has 0 fully saturated rings. The van der Waals surface area contributed by atoms with Gasteiger partial charge in [0.1, 0.15) is 34.5 Å². The lowest BCUT2D eigenvalue weighted by Gasteiger charge is -2.09. The molecular formula is C30H39N3O6. The summed E-state index contributed by atoms with van der Waals surface area (Å²) in [6, 6.07) is 18.8. The summed E-state index contributed by atoms with van der Waals surface area (Å²) in [5.74, 6) is 0.606. The summed E-state index contributed by atoms with van der Waals surface area (Å²) in [4.78, 5) is 0. The van der Waals surface area contributed by atoms with Crippen molar-refractivity contribution >= 4 is 0 Å². The molecule has 210 valence electrons. The highest BCUT2D eigenvalue weighted by atomic mass is 16.3. The van der Waals surface area contributed by atoms with Crippen LogP contribution in [0.3, 0.4) is 0 Å². The minimum absolute atomic E-state index is 0.0203. The predicted octanol–water partition coefficient (Wildman–Crippen LogP) is 4.00. The molecule has 0 spiro atoms. The number of rotatable bonds is 9. The molecule has 3 aromatic rings. The van der Waals surface area contributed by atoms with Crippen LogP contribution in [0.2, 0.25) is 0 Å². The molecule has 0 aliphatic heterocycles. The van der Waals surface area contributed by atoms with Crippen molar-refractivity contribution in [3.63, 3.8) is 0 Å². The Hall–Kier alpha value is -4.44.